The van der Waals surface area contributed by atoms with Gasteiger partial charge in [-0.05, 0) is 60.2 Å². The first kappa shape index (κ1) is 17.5. The lowest BCUT2D eigenvalue weighted by molar-refractivity contribution is 0.0932. The highest BCUT2D eigenvalue weighted by atomic mass is 32.2. The highest BCUT2D eigenvalue weighted by Crippen LogP contribution is 2.31. The van der Waals surface area contributed by atoms with Crippen LogP contribution in [-0.2, 0) is 22.0 Å². The van der Waals surface area contributed by atoms with Crippen LogP contribution in [0.4, 0.5) is 5.69 Å². The van der Waals surface area contributed by atoms with Crippen LogP contribution in [0, 0.1) is 0 Å². The van der Waals surface area contributed by atoms with Gasteiger partial charge >= 0.3 is 0 Å². The predicted octanol–water partition coefficient (Wildman–Crippen LogP) is 2.62. The smallest absolute Gasteiger partial charge is 0.251 e. The third-order valence-corrected chi connectivity index (χ3v) is 5.29. The molecule has 6 heteroatoms. The number of nitrogen functional groups attached to an aromatic ring is 1. The normalized spacial score (nSPS) is 16.9. The van der Waals surface area contributed by atoms with Crippen molar-refractivity contribution in [2.75, 3.05) is 12.0 Å². The Balaban J connectivity index is 1.73. The fourth-order valence-corrected chi connectivity index (χ4v) is 4.08. The Morgan fingerprint density at radius 3 is 2.60 bits per heavy atom. The maximum absolute atomic E-state index is 12.5. The Morgan fingerprint density at radius 1 is 1.20 bits per heavy atom. The topological polar surface area (TPSA) is 89.3 Å². The number of amides is 1. The lowest BCUT2D eigenvalue weighted by atomic mass is 9.87. The quantitative estimate of drug-likeness (QED) is 0.822. The summed E-state index contributed by atoms with van der Waals surface area (Å²) >= 11 is 0. The summed E-state index contributed by atoms with van der Waals surface area (Å²) in [6.07, 6.45) is 4.08. The molecule has 1 aliphatic carbocycles. The van der Waals surface area contributed by atoms with E-state index in [9.17, 15) is 13.2 Å². The fraction of sp³-hybridized carbons (Fsp3) is 0.316. The van der Waals surface area contributed by atoms with Crippen molar-refractivity contribution < 1.29 is 13.2 Å². The zero-order valence-electron chi connectivity index (χ0n) is 14.2. The maximum atomic E-state index is 12.5. The van der Waals surface area contributed by atoms with Crippen molar-refractivity contribution in [1.82, 2.24) is 5.32 Å². The van der Waals surface area contributed by atoms with Crippen molar-refractivity contribution in [2.45, 2.75) is 31.1 Å². The predicted molar refractivity (Wildman–Crippen MR) is 99.0 cm³/mol. The highest BCUT2D eigenvalue weighted by Gasteiger charge is 2.22. The fourth-order valence-electron chi connectivity index (χ4n) is 3.28. The van der Waals surface area contributed by atoms with E-state index in [1.807, 2.05) is 18.2 Å². The first-order chi connectivity index (χ1) is 11.8. The summed E-state index contributed by atoms with van der Waals surface area (Å²) in [6.45, 7) is 0. The third-order valence-electron chi connectivity index (χ3n) is 4.43. The van der Waals surface area contributed by atoms with Crippen LogP contribution < -0.4 is 11.1 Å². The van der Waals surface area contributed by atoms with Crippen LogP contribution in [0.25, 0.3) is 0 Å². The number of aryl methyl sites for hydroxylation is 1. The van der Waals surface area contributed by atoms with Crippen molar-refractivity contribution in [3.63, 3.8) is 0 Å². The molecule has 0 aromatic heterocycles. The van der Waals surface area contributed by atoms with Gasteiger partial charge in [0.2, 0.25) is 0 Å². The molecule has 0 bridgehead atoms. The van der Waals surface area contributed by atoms with E-state index < -0.39 is 9.84 Å². The van der Waals surface area contributed by atoms with Gasteiger partial charge in [-0.3, -0.25) is 4.79 Å². The molecule has 5 nitrogen and oxygen atoms in total. The Labute approximate surface area is 148 Å². The molecule has 0 saturated heterocycles. The summed E-state index contributed by atoms with van der Waals surface area (Å²) < 4.78 is 22.7. The van der Waals surface area contributed by atoms with Crippen molar-refractivity contribution >= 4 is 21.4 Å². The molecule has 0 aliphatic heterocycles. The summed E-state index contributed by atoms with van der Waals surface area (Å²) in [5.41, 5.74) is 10.1. The number of hydrogen-bond acceptors (Lipinski definition) is 4. The molecule has 1 atom stereocenters. The molecular weight excluding hydrogens is 336 g/mol. The second kappa shape index (κ2) is 6.88. The van der Waals surface area contributed by atoms with Gasteiger partial charge in [0.05, 0.1) is 11.8 Å². The van der Waals surface area contributed by atoms with E-state index in [4.69, 9.17) is 5.73 Å². The summed E-state index contributed by atoms with van der Waals surface area (Å²) in [7, 11) is -3.08. The molecule has 2 aromatic carbocycles. The number of fused-ring (bicyclic) bond motifs is 1. The zero-order chi connectivity index (χ0) is 18.0. The number of carbonyl (C=O) groups is 1. The minimum atomic E-state index is -3.08. The average molecular weight is 358 g/mol. The molecule has 3 N–H and O–H groups in total. The van der Waals surface area contributed by atoms with Crippen LogP contribution in [-0.4, -0.2) is 20.6 Å². The Bertz CT molecular complexity index is 889. The average Bonchev–Trinajstić information content (AvgIpc) is 2.54. The maximum Gasteiger partial charge on any atom is 0.251 e. The standard InChI is InChI=1S/C19H22N2O3S/c1-25(23,24)12-13-5-7-14(8-6-13)19(22)21-18-4-2-3-15-11-16(20)9-10-17(15)18/h5-11,18H,2-4,12,20H2,1H3,(H,21,22). The summed E-state index contributed by atoms with van der Waals surface area (Å²) in [5.74, 6) is -0.174. The lowest BCUT2D eigenvalue weighted by Gasteiger charge is -2.26. The van der Waals surface area contributed by atoms with Crippen LogP contribution in [0.1, 0.15) is 45.9 Å². The molecule has 25 heavy (non-hydrogen) atoms. The second-order valence-electron chi connectivity index (χ2n) is 6.64. The summed E-state index contributed by atoms with van der Waals surface area (Å²) in [5, 5.41) is 3.08. The van der Waals surface area contributed by atoms with Crippen LogP contribution in [0.3, 0.4) is 0 Å². The van der Waals surface area contributed by atoms with E-state index in [1.54, 1.807) is 24.3 Å². The highest BCUT2D eigenvalue weighted by molar-refractivity contribution is 7.89. The Hall–Kier alpha value is -2.34. The number of anilines is 1. The van der Waals surface area contributed by atoms with Crippen LogP contribution in [0.5, 0.6) is 0 Å². The second-order valence-corrected chi connectivity index (χ2v) is 8.78. The Kier molecular flexibility index (Phi) is 4.81. The van der Waals surface area contributed by atoms with Gasteiger partial charge < -0.3 is 11.1 Å². The van der Waals surface area contributed by atoms with Gasteiger partial charge in [0.1, 0.15) is 0 Å². The van der Waals surface area contributed by atoms with Gasteiger partial charge in [0.25, 0.3) is 5.91 Å². The van der Waals surface area contributed by atoms with Crippen molar-refractivity contribution in [3.05, 3.63) is 64.7 Å². The van der Waals surface area contributed by atoms with Gasteiger partial charge in [-0.1, -0.05) is 18.2 Å². The number of nitrogens with two attached hydrogens (primary N) is 1. The molecule has 1 aliphatic rings. The number of nitrogens with one attached hydrogen (secondary N) is 1. The van der Waals surface area contributed by atoms with E-state index in [2.05, 4.69) is 5.32 Å². The minimum absolute atomic E-state index is 0.0208. The van der Waals surface area contributed by atoms with Gasteiger partial charge in [0.15, 0.2) is 9.84 Å². The minimum Gasteiger partial charge on any atom is -0.399 e. The van der Waals surface area contributed by atoms with Gasteiger partial charge in [-0.15, -0.1) is 0 Å². The van der Waals surface area contributed by atoms with E-state index in [0.717, 1.165) is 30.5 Å². The molecule has 132 valence electrons. The molecule has 0 saturated carbocycles. The monoisotopic (exact) mass is 358 g/mol. The molecule has 3 rings (SSSR count). The van der Waals surface area contributed by atoms with E-state index in [-0.39, 0.29) is 17.7 Å². The molecular formula is C19H22N2O3S. The van der Waals surface area contributed by atoms with Crippen LogP contribution in [0.15, 0.2) is 42.5 Å². The van der Waals surface area contributed by atoms with Crippen molar-refractivity contribution in [3.8, 4) is 0 Å². The first-order valence-corrected chi connectivity index (χ1v) is 10.3. The van der Waals surface area contributed by atoms with Gasteiger partial charge in [-0.2, -0.15) is 0 Å². The van der Waals surface area contributed by atoms with Crippen molar-refractivity contribution in [1.29, 1.82) is 0 Å². The molecule has 0 spiro atoms. The first-order valence-electron chi connectivity index (χ1n) is 8.28. The molecule has 1 unspecified atom stereocenters. The van der Waals surface area contributed by atoms with Crippen LogP contribution in [0.2, 0.25) is 0 Å². The Morgan fingerprint density at radius 2 is 1.92 bits per heavy atom. The number of sulfone groups is 1. The summed E-state index contributed by atoms with van der Waals surface area (Å²) in [6, 6.07) is 12.5. The molecule has 0 radical (unpaired) electrons. The molecule has 1 amide bonds. The summed E-state index contributed by atoms with van der Waals surface area (Å²) in [4.78, 5) is 12.5. The van der Waals surface area contributed by atoms with E-state index >= 15 is 0 Å². The van der Waals surface area contributed by atoms with E-state index in [1.165, 1.54) is 11.8 Å². The van der Waals surface area contributed by atoms with Gasteiger partial charge in [-0.25, -0.2) is 8.42 Å². The molecule has 0 fully saturated rings. The molecule has 0 heterocycles. The number of rotatable bonds is 4. The zero-order valence-corrected chi connectivity index (χ0v) is 15.0. The SMILES string of the molecule is CS(=O)(=O)Cc1ccc(C(=O)NC2CCCc3cc(N)ccc32)cc1. The number of carbonyl (C=O) groups excluding carboxylic acids is 1. The number of benzene rings is 2. The van der Waals surface area contributed by atoms with Gasteiger partial charge in [0, 0.05) is 17.5 Å². The van der Waals surface area contributed by atoms with Crippen LogP contribution >= 0.6 is 0 Å². The third kappa shape index (κ3) is 4.39. The number of hydrogen-bond donors (Lipinski definition) is 2. The lowest BCUT2D eigenvalue weighted by Crippen LogP contribution is -2.31. The molecule has 2 aromatic rings. The largest absolute Gasteiger partial charge is 0.399 e. The van der Waals surface area contributed by atoms with Crippen molar-refractivity contribution in [2.24, 2.45) is 0 Å². The van der Waals surface area contributed by atoms with E-state index in [0.29, 0.717) is 11.1 Å².